The highest BCUT2D eigenvalue weighted by atomic mass is 16.5. The number of piperidine rings is 1. The van der Waals surface area contributed by atoms with Gasteiger partial charge in [-0.1, -0.05) is 0 Å². The highest BCUT2D eigenvalue weighted by Crippen LogP contribution is 2.29. The number of aliphatic hydroxyl groups excluding tert-OH is 1. The fourth-order valence-corrected chi connectivity index (χ4v) is 3.58. The first-order valence-corrected chi connectivity index (χ1v) is 10.2. The normalized spacial score (nSPS) is 17.9. The number of likely N-dealkylation sites (tertiary alicyclic amines) is 1. The van der Waals surface area contributed by atoms with E-state index in [1.807, 2.05) is 12.1 Å². The Hall–Kier alpha value is -2.51. The Bertz CT molecular complexity index is 837. The van der Waals surface area contributed by atoms with Crippen LogP contribution in [0.3, 0.4) is 0 Å². The number of amides is 1. The van der Waals surface area contributed by atoms with Crippen LogP contribution in [0, 0.1) is 0 Å². The summed E-state index contributed by atoms with van der Waals surface area (Å²) in [4.78, 5) is 14.9. The Kier molecular flexibility index (Phi) is 6.06. The minimum Gasteiger partial charge on any atom is -0.497 e. The van der Waals surface area contributed by atoms with Crippen LogP contribution in [0.15, 0.2) is 34.7 Å². The molecule has 2 aromatic rings. The molecule has 2 fully saturated rings. The summed E-state index contributed by atoms with van der Waals surface area (Å²) in [5, 5.41) is 12.2. The van der Waals surface area contributed by atoms with E-state index in [1.54, 1.807) is 25.3 Å². The molecule has 1 amide bonds. The molecule has 0 bridgehead atoms. The highest BCUT2D eigenvalue weighted by molar-refractivity contribution is 5.97. The van der Waals surface area contributed by atoms with E-state index in [2.05, 4.69) is 10.2 Å². The van der Waals surface area contributed by atoms with Crippen molar-refractivity contribution in [3.63, 3.8) is 0 Å². The van der Waals surface area contributed by atoms with Gasteiger partial charge in [-0.3, -0.25) is 9.69 Å². The van der Waals surface area contributed by atoms with Crippen LogP contribution in [0.25, 0.3) is 0 Å². The minimum absolute atomic E-state index is 0.0513. The van der Waals surface area contributed by atoms with Gasteiger partial charge in [-0.15, -0.1) is 0 Å². The van der Waals surface area contributed by atoms with Gasteiger partial charge in [-0.25, -0.2) is 0 Å². The molecule has 1 saturated carbocycles. The summed E-state index contributed by atoms with van der Waals surface area (Å²) < 4.78 is 17.1. The molecule has 0 unspecified atom stereocenters. The standard InChI is InChI=1S/C22H28N2O5/c1-27-17-6-7-20(22(26)23-15-2-3-15)21(12-17)29-16-8-10-24(11-9-16)13-18-4-5-19(14-25)28-18/h4-7,12,15-16,25H,2-3,8-11,13-14H2,1H3,(H,23,26). The number of nitrogens with zero attached hydrogens (tertiary/aromatic N) is 1. The molecule has 2 heterocycles. The maximum atomic E-state index is 12.6. The largest absolute Gasteiger partial charge is 0.497 e. The summed E-state index contributed by atoms with van der Waals surface area (Å²) in [6.45, 7) is 2.41. The quantitative estimate of drug-likeness (QED) is 0.709. The topological polar surface area (TPSA) is 84.2 Å². The molecule has 2 N–H and O–H groups in total. The fourth-order valence-electron chi connectivity index (χ4n) is 3.58. The van der Waals surface area contributed by atoms with Crippen molar-refractivity contribution < 1.29 is 23.8 Å². The number of methoxy groups -OCH3 is 1. The van der Waals surface area contributed by atoms with E-state index in [4.69, 9.17) is 19.0 Å². The molecule has 0 atom stereocenters. The monoisotopic (exact) mass is 400 g/mol. The second kappa shape index (κ2) is 8.88. The first kappa shape index (κ1) is 19.8. The molecule has 1 aliphatic heterocycles. The van der Waals surface area contributed by atoms with Crippen molar-refractivity contribution in [3.8, 4) is 11.5 Å². The van der Waals surface area contributed by atoms with Crippen LogP contribution in [-0.2, 0) is 13.2 Å². The van der Waals surface area contributed by atoms with E-state index in [0.717, 1.165) is 51.1 Å². The fraction of sp³-hybridized carbons (Fsp3) is 0.500. The third kappa shape index (κ3) is 5.10. The Labute approximate surface area is 170 Å². The highest BCUT2D eigenvalue weighted by Gasteiger charge is 2.27. The van der Waals surface area contributed by atoms with Crippen LogP contribution in [0.5, 0.6) is 11.5 Å². The maximum absolute atomic E-state index is 12.6. The zero-order valence-corrected chi connectivity index (χ0v) is 16.7. The Morgan fingerprint density at radius 3 is 2.59 bits per heavy atom. The van der Waals surface area contributed by atoms with Crippen LogP contribution >= 0.6 is 0 Å². The van der Waals surface area contributed by atoms with Crippen molar-refractivity contribution in [2.24, 2.45) is 0 Å². The van der Waals surface area contributed by atoms with E-state index in [0.29, 0.717) is 28.9 Å². The lowest BCUT2D eigenvalue weighted by molar-refractivity contribution is 0.0866. The van der Waals surface area contributed by atoms with Gasteiger partial charge in [-0.2, -0.15) is 0 Å². The van der Waals surface area contributed by atoms with Crippen LogP contribution in [0.4, 0.5) is 0 Å². The molecular formula is C22H28N2O5. The van der Waals surface area contributed by atoms with Gasteiger partial charge in [0.15, 0.2) is 0 Å². The van der Waals surface area contributed by atoms with Gasteiger partial charge in [0.1, 0.15) is 35.7 Å². The van der Waals surface area contributed by atoms with Gasteiger partial charge >= 0.3 is 0 Å². The third-order valence-electron chi connectivity index (χ3n) is 5.43. The summed E-state index contributed by atoms with van der Waals surface area (Å²) in [6, 6.07) is 9.39. The number of carbonyl (C=O) groups excluding carboxylic acids is 1. The van der Waals surface area contributed by atoms with E-state index in [9.17, 15) is 4.79 Å². The number of ether oxygens (including phenoxy) is 2. The first-order valence-electron chi connectivity index (χ1n) is 10.2. The van der Waals surface area contributed by atoms with Gasteiger partial charge in [0, 0.05) is 25.2 Å². The molecule has 1 saturated heterocycles. The summed E-state index contributed by atoms with van der Waals surface area (Å²) in [7, 11) is 1.61. The maximum Gasteiger partial charge on any atom is 0.255 e. The average molecular weight is 400 g/mol. The lowest BCUT2D eigenvalue weighted by Crippen LogP contribution is -2.38. The lowest BCUT2D eigenvalue weighted by Gasteiger charge is -2.32. The predicted molar refractivity (Wildman–Crippen MR) is 107 cm³/mol. The number of rotatable bonds is 8. The zero-order valence-electron chi connectivity index (χ0n) is 16.7. The first-order chi connectivity index (χ1) is 14.1. The number of carbonyl (C=O) groups is 1. The third-order valence-corrected chi connectivity index (χ3v) is 5.43. The van der Waals surface area contributed by atoms with Crippen LogP contribution < -0.4 is 14.8 Å². The summed E-state index contributed by atoms with van der Waals surface area (Å²) in [5.74, 6) is 2.63. The molecule has 7 heteroatoms. The van der Waals surface area contributed by atoms with Crippen LogP contribution in [0.2, 0.25) is 0 Å². The predicted octanol–water partition coefficient (Wildman–Crippen LogP) is 2.72. The van der Waals surface area contributed by atoms with Crippen molar-refractivity contribution in [1.82, 2.24) is 10.2 Å². The van der Waals surface area contributed by atoms with E-state index in [-0.39, 0.29) is 18.6 Å². The lowest BCUT2D eigenvalue weighted by atomic mass is 10.1. The number of aliphatic hydroxyl groups is 1. The zero-order chi connectivity index (χ0) is 20.2. The molecule has 1 aromatic carbocycles. The Morgan fingerprint density at radius 1 is 1.17 bits per heavy atom. The molecule has 2 aliphatic rings. The molecule has 4 rings (SSSR count). The molecule has 0 radical (unpaired) electrons. The second-order valence-corrected chi connectivity index (χ2v) is 7.73. The van der Waals surface area contributed by atoms with Gasteiger partial charge < -0.3 is 24.3 Å². The molecule has 7 nitrogen and oxygen atoms in total. The van der Waals surface area contributed by atoms with Gasteiger partial charge in [-0.05, 0) is 49.9 Å². The Balaban J connectivity index is 1.36. The SMILES string of the molecule is COc1ccc(C(=O)NC2CC2)c(OC2CCN(Cc3ccc(CO)o3)CC2)c1. The van der Waals surface area contributed by atoms with Crippen molar-refractivity contribution in [2.45, 2.75) is 51.0 Å². The molecule has 29 heavy (non-hydrogen) atoms. The van der Waals surface area contributed by atoms with Gasteiger partial charge in [0.25, 0.3) is 5.91 Å². The number of nitrogens with one attached hydrogen (secondary N) is 1. The van der Waals surface area contributed by atoms with E-state index in [1.165, 1.54) is 0 Å². The average Bonchev–Trinajstić information content (AvgIpc) is 3.44. The van der Waals surface area contributed by atoms with Gasteiger partial charge in [0.05, 0.1) is 19.2 Å². The number of furan rings is 1. The van der Waals surface area contributed by atoms with Crippen molar-refractivity contribution >= 4 is 5.91 Å². The summed E-state index contributed by atoms with van der Waals surface area (Å²) >= 11 is 0. The van der Waals surface area contributed by atoms with E-state index < -0.39 is 0 Å². The van der Waals surface area contributed by atoms with Crippen molar-refractivity contribution in [1.29, 1.82) is 0 Å². The van der Waals surface area contributed by atoms with Crippen LogP contribution in [-0.4, -0.2) is 48.3 Å². The van der Waals surface area contributed by atoms with Crippen molar-refractivity contribution in [3.05, 3.63) is 47.4 Å². The number of benzene rings is 1. The summed E-state index contributed by atoms with van der Waals surface area (Å²) in [6.07, 6.45) is 3.89. The number of hydrogen-bond acceptors (Lipinski definition) is 6. The smallest absolute Gasteiger partial charge is 0.255 e. The molecular weight excluding hydrogens is 372 g/mol. The molecule has 0 spiro atoms. The van der Waals surface area contributed by atoms with Crippen molar-refractivity contribution in [2.75, 3.05) is 20.2 Å². The van der Waals surface area contributed by atoms with E-state index >= 15 is 0 Å². The second-order valence-electron chi connectivity index (χ2n) is 7.73. The molecule has 1 aromatic heterocycles. The molecule has 156 valence electrons. The summed E-state index contributed by atoms with van der Waals surface area (Å²) in [5.41, 5.74) is 0.562. The number of hydrogen-bond donors (Lipinski definition) is 2. The minimum atomic E-state index is -0.0832. The van der Waals surface area contributed by atoms with Gasteiger partial charge in [0.2, 0.25) is 0 Å². The van der Waals surface area contributed by atoms with Crippen LogP contribution in [0.1, 0.15) is 47.6 Å². The Morgan fingerprint density at radius 2 is 1.93 bits per heavy atom. The molecule has 1 aliphatic carbocycles.